The second kappa shape index (κ2) is 9.37. The maximum absolute atomic E-state index is 12.6. The van der Waals surface area contributed by atoms with Crippen molar-refractivity contribution in [2.24, 2.45) is 0 Å². The molecule has 0 aliphatic rings. The average Bonchev–Trinajstić information content (AvgIpc) is 3.20. The second-order valence-electron chi connectivity index (χ2n) is 6.91. The van der Waals surface area contributed by atoms with Gasteiger partial charge in [-0.1, -0.05) is 54.9 Å². The summed E-state index contributed by atoms with van der Waals surface area (Å²) in [6.45, 7) is 6.28. The number of nitrogens with one attached hydrogen (secondary N) is 2. The Morgan fingerprint density at radius 1 is 1.14 bits per heavy atom. The van der Waals surface area contributed by atoms with E-state index >= 15 is 0 Å². The Labute approximate surface area is 175 Å². The van der Waals surface area contributed by atoms with Crippen LogP contribution in [-0.2, 0) is 11.2 Å². The molecule has 2 aromatic carbocycles. The molecule has 0 aliphatic heterocycles. The van der Waals surface area contributed by atoms with Crippen LogP contribution in [0.25, 0.3) is 0 Å². The van der Waals surface area contributed by atoms with Crippen LogP contribution in [0.5, 0.6) is 0 Å². The molecule has 1 heterocycles. The summed E-state index contributed by atoms with van der Waals surface area (Å²) in [7, 11) is 0. The highest BCUT2D eigenvalue weighted by Crippen LogP contribution is 2.28. The number of hydrogen-bond donors (Lipinski definition) is 2. The molecule has 3 aromatic rings. The molecule has 0 spiro atoms. The van der Waals surface area contributed by atoms with Crippen molar-refractivity contribution in [1.29, 1.82) is 0 Å². The number of benzene rings is 2. The SMILES string of the molecule is CCc1ccc([C@@H](NCC(=O)Nc2c(C)cc(C)cc2Cl)c2cccs2)cc1. The zero-order valence-electron chi connectivity index (χ0n) is 16.4. The van der Waals surface area contributed by atoms with E-state index in [1.54, 1.807) is 11.3 Å². The average molecular weight is 413 g/mol. The van der Waals surface area contributed by atoms with Crippen molar-refractivity contribution in [1.82, 2.24) is 5.32 Å². The third-order valence-electron chi connectivity index (χ3n) is 4.71. The smallest absolute Gasteiger partial charge is 0.238 e. The van der Waals surface area contributed by atoms with Gasteiger partial charge in [0.25, 0.3) is 0 Å². The van der Waals surface area contributed by atoms with Gasteiger partial charge >= 0.3 is 0 Å². The van der Waals surface area contributed by atoms with E-state index in [-0.39, 0.29) is 18.5 Å². The van der Waals surface area contributed by atoms with E-state index < -0.39 is 0 Å². The monoisotopic (exact) mass is 412 g/mol. The van der Waals surface area contributed by atoms with Gasteiger partial charge in [0.05, 0.1) is 23.3 Å². The maximum Gasteiger partial charge on any atom is 0.238 e. The molecule has 0 saturated carbocycles. The lowest BCUT2D eigenvalue weighted by Crippen LogP contribution is -2.31. The molecule has 0 radical (unpaired) electrons. The molecule has 0 fully saturated rings. The number of hydrogen-bond acceptors (Lipinski definition) is 3. The normalized spacial score (nSPS) is 12.0. The van der Waals surface area contributed by atoms with Gasteiger partial charge in [0.2, 0.25) is 5.91 Å². The second-order valence-corrected chi connectivity index (χ2v) is 8.30. The number of carbonyl (C=O) groups is 1. The molecule has 3 nitrogen and oxygen atoms in total. The van der Waals surface area contributed by atoms with Crippen LogP contribution in [0.1, 0.15) is 40.1 Å². The summed E-state index contributed by atoms with van der Waals surface area (Å²) >= 11 is 8.00. The molecule has 0 unspecified atom stereocenters. The largest absolute Gasteiger partial charge is 0.323 e. The van der Waals surface area contributed by atoms with Gasteiger partial charge in [-0.15, -0.1) is 11.3 Å². The first kappa shape index (κ1) is 20.6. The van der Waals surface area contributed by atoms with Crippen LogP contribution in [0.3, 0.4) is 0 Å². The first-order valence-electron chi connectivity index (χ1n) is 9.40. The minimum atomic E-state index is -0.111. The predicted octanol–water partition coefficient (Wildman–Crippen LogP) is 5.90. The van der Waals surface area contributed by atoms with E-state index in [9.17, 15) is 4.79 Å². The maximum atomic E-state index is 12.6. The van der Waals surface area contributed by atoms with Crippen LogP contribution < -0.4 is 10.6 Å². The van der Waals surface area contributed by atoms with Crippen molar-refractivity contribution in [3.05, 3.63) is 86.1 Å². The molecule has 1 amide bonds. The van der Waals surface area contributed by atoms with E-state index in [1.165, 1.54) is 10.4 Å². The first-order valence-corrected chi connectivity index (χ1v) is 10.7. The van der Waals surface area contributed by atoms with E-state index in [1.807, 2.05) is 32.0 Å². The fourth-order valence-corrected chi connectivity index (χ4v) is 4.43. The number of carbonyl (C=O) groups excluding carboxylic acids is 1. The standard InChI is InChI=1S/C23H25ClN2OS/c1-4-17-7-9-18(10-8-17)23(20-6-5-11-28-20)25-14-21(27)26-22-16(3)12-15(2)13-19(22)24/h5-13,23,25H,4,14H2,1-3H3,(H,26,27)/t23-/m1/s1. The summed E-state index contributed by atoms with van der Waals surface area (Å²) in [6, 6.07) is 16.5. The van der Waals surface area contributed by atoms with Crippen LogP contribution >= 0.6 is 22.9 Å². The Morgan fingerprint density at radius 3 is 2.50 bits per heavy atom. The van der Waals surface area contributed by atoms with Gasteiger partial charge in [-0.05, 0) is 60.0 Å². The van der Waals surface area contributed by atoms with Crippen LogP contribution in [-0.4, -0.2) is 12.5 Å². The molecule has 2 N–H and O–H groups in total. The van der Waals surface area contributed by atoms with Crippen molar-refractivity contribution in [2.45, 2.75) is 33.2 Å². The number of rotatable bonds is 7. The summed E-state index contributed by atoms with van der Waals surface area (Å²) in [6.07, 6.45) is 1.01. The topological polar surface area (TPSA) is 41.1 Å². The summed E-state index contributed by atoms with van der Waals surface area (Å²) in [5.74, 6) is -0.111. The van der Waals surface area contributed by atoms with E-state index in [2.05, 4.69) is 53.3 Å². The van der Waals surface area contributed by atoms with Crippen molar-refractivity contribution in [2.75, 3.05) is 11.9 Å². The highest BCUT2D eigenvalue weighted by Gasteiger charge is 2.17. The van der Waals surface area contributed by atoms with Crippen molar-refractivity contribution in [3.63, 3.8) is 0 Å². The number of aryl methyl sites for hydroxylation is 3. The van der Waals surface area contributed by atoms with Crippen molar-refractivity contribution < 1.29 is 4.79 Å². The lowest BCUT2D eigenvalue weighted by atomic mass is 10.0. The van der Waals surface area contributed by atoms with Crippen LogP contribution in [0.4, 0.5) is 5.69 Å². The molecule has 28 heavy (non-hydrogen) atoms. The lowest BCUT2D eigenvalue weighted by molar-refractivity contribution is -0.115. The molecule has 0 saturated heterocycles. The van der Waals surface area contributed by atoms with E-state index in [4.69, 9.17) is 11.6 Å². The van der Waals surface area contributed by atoms with Gasteiger partial charge in [0.15, 0.2) is 0 Å². The molecule has 1 aromatic heterocycles. The molecule has 146 valence electrons. The third-order valence-corrected chi connectivity index (χ3v) is 5.95. The Morgan fingerprint density at radius 2 is 1.89 bits per heavy atom. The molecule has 1 atom stereocenters. The van der Waals surface area contributed by atoms with Gasteiger partial charge in [0, 0.05) is 4.88 Å². The minimum Gasteiger partial charge on any atom is -0.323 e. The zero-order chi connectivity index (χ0) is 20.1. The Kier molecular flexibility index (Phi) is 6.89. The number of anilines is 1. The molecule has 5 heteroatoms. The van der Waals surface area contributed by atoms with Gasteiger partial charge < -0.3 is 5.32 Å². The first-order chi connectivity index (χ1) is 13.5. The van der Waals surface area contributed by atoms with Gasteiger partial charge in [-0.2, -0.15) is 0 Å². The zero-order valence-corrected chi connectivity index (χ0v) is 18.0. The van der Waals surface area contributed by atoms with E-state index in [0.717, 1.165) is 23.1 Å². The highest BCUT2D eigenvalue weighted by atomic mass is 35.5. The molecule has 3 rings (SSSR count). The summed E-state index contributed by atoms with van der Waals surface area (Å²) in [4.78, 5) is 13.8. The Hall–Kier alpha value is -2.14. The van der Waals surface area contributed by atoms with Crippen LogP contribution in [0.15, 0.2) is 53.9 Å². The van der Waals surface area contributed by atoms with Crippen molar-refractivity contribution >= 4 is 34.5 Å². The Balaban J connectivity index is 1.72. The van der Waals surface area contributed by atoms with E-state index in [0.29, 0.717) is 10.7 Å². The molecular weight excluding hydrogens is 388 g/mol. The third kappa shape index (κ3) is 5.02. The summed E-state index contributed by atoms with van der Waals surface area (Å²) in [5, 5.41) is 8.97. The fraction of sp³-hybridized carbons (Fsp3) is 0.261. The number of amides is 1. The van der Waals surface area contributed by atoms with Gasteiger partial charge in [-0.3, -0.25) is 10.1 Å². The molecule has 0 aliphatic carbocycles. The van der Waals surface area contributed by atoms with Crippen LogP contribution in [0, 0.1) is 13.8 Å². The molecule has 0 bridgehead atoms. The summed E-state index contributed by atoms with van der Waals surface area (Å²) in [5.41, 5.74) is 5.17. The molecular formula is C23H25ClN2OS. The lowest BCUT2D eigenvalue weighted by Gasteiger charge is -2.19. The Bertz CT molecular complexity index is 913. The van der Waals surface area contributed by atoms with Gasteiger partial charge in [-0.25, -0.2) is 0 Å². The number of halogens is 1. The van der Waals surface area contributed by atoms with Gasteiger partial charge in [0.1, 0.15) is 0 Å². The van der Waals surface area contributed by atoms with Crippen LogP contribution in [0.2, 0.25) is 5.02 Å². The predicted molar refractivity (Wildman–Crippen MR) is 120 cm³/mol. The minimum absolute atomic E-state index is 0.0220. The highest BCUT2D eigenvalue weighted by molar-refractivity contribution is 7.10. The number of thiophene rings is 1. The summed E-state index contributed by atoms with van der Waals surface area (Å²) < 4.78 is 0. The van der Waals surface area contributed by atoms with Crippen molar-refractivity contribution in [3.8, 4) is 0 Å². The quantitative estimate of drug-likeness (QED) is 0.507. The fourth-order valence-electron chi connectivity index (χ4n) is 3.24.